The Hall–Kier alpha value is -3.34. The molecule has 24 heteroatoms. The molecule has 0 aromatic heterocycles. The van der Waals surface area contributed by atoms with Gasteiger partial charge in [0.05, 0.1) is 54.8 Å². The van der Waals surface area contributed by atoms with Crippen molar-refractivity contribution in [2.75, 3.05) is 38.9 Å². The molecule has 60 heavy (non-hydrogen) atoms. The molecule has 0 bridgehead atoms. The van der Waals surface area contributed by atoms with Gasteiger partial charge in [-0.1, -0.05) is 6.08 Å². The maximum Gasteiger partial charge on any atom is 0.367 e. The molecule has 5 heterocycles. The lowest BCUT2D eigenvalue weighted by Crippen LogP contribution is -2.61. The van der Waals surface area contributed by atoms with Crippen LogP contribution in [0.25, 0.3) is 0 Å². The number of thioether (sulfide) groups is 2. The highest BCUT2D eigenvalue weighted by Crippen LogP contribution is 2.50. The second-order valence-electron chi connectivity index (χ2n) is 14.6. The molecule has 7 aliphatic rings. The van der Waals surface area contributed by atoms with Crippen molar-refractivity contribution in [1.29, 1.82) is 0 Å². The first-order chi connectivity index (χ1) is 28.7. The molecule has 2 unspecified atom stereocenters. The molecule has 8 N–H and O–H groups in total. The van der Waals surface area contributed by atoms with Gasteiger partial charge >= 0.3 is 22.5 Å². The summed E-state index contributed by atoms with van der Waals surface area (Å²) < 4.78 is 56.7. The summed E-state index contributed by atoms with van der Waals surface area (Å²) in [7, 11) is 0. The van der Waals surface area contributed by atoms with Crippen molar-refractivity contribution in [2.45, 2.75) is 86.2 Å². The number of hydrogen-bond donors (Lipinski definition) is 8. The molecule has 2 aliphatic carbocycles. The second kappa shape index (κ2) is 18.6. The molecule has 5 aliphatic heterocycles. The van der Waals surface area contributed by atoms with E-state index in [1.165, 1.54) is 18.6 Å². The zero-order chi connectivity index (χ0) is 43.2. The minimum Gasteiger partial charge on any atom is -0.471 e. The number of hydrogen-bond acceptors (Lipinski definition) is 24. The highest BCUT2D eigenvalue weighted by atomic mass is 32.2. The van der Waals surface area contributed by atoms with Gasteiger partial charge in [-0.3, -0.25) is 0 Å². The van der Waals surface area contributed by atoms with Crippen molar-refractivity contribution in [3.63, 3.8) is 0 Å². The van der Waals surface area contributed by atoms with Crippen LogP contribution in [-0.4, -0.2) is 189 Å². The maximum atomic E-state index is 14.2. The summed E-state index contributed by atoms with van der Waals surface area (Å²) >= 11 is 1.59. The number of carbonyl (C=O) groups excluding carboxylic acids is 4. The van der Waals surface area contributed by atoms with Gasteiger partial charge in [-0.25, -0.2) is 19.2 Å². The van der Waals surface area contributed by atoms with Gasteiger partial charge in [0, 0.05) is 11.8 Å². The third kappa shape index (κ3) is 8.43. The Morgan fingerprint density at radius 2 is 1.22 bits per heavy atom. The van der Waals surface area contributed by atoms with Crippen molar-refractivity contribution in [3.05, 3.63) is 47.0 Å². The molecule has 18 atom stereocenters. The molecule has 0 radical (unpaired) electrons. The molecule has 0 spiro atoms. The first kappa shape index (κ1) is 44.7. The number of rotatable bonds is 12. The van der Waals surface area contributed by atoms with Crippen LogP contribution in [0, 0.1) is 23.7 Å². The minimum absolute atomic E-state index is 0.183. The molecular formula is C36H44O22S2. The lowest BCUT2D eigenvalue weighted by Gasteiger charge is -2.44. The number of ether oxygens (including phenoxy) is 10. The summed E-state index contributed by atoms with van der Waals surface area (Å²) in [6.07, 6.45) is -14.7. The average Bonchev–Trinajstić information content (AvgIpc) is 3.89. The summed E-state index contributed by atoms with van der Waals surface area (Å²) in [5, 5.41) is 83.2. The first-order valence-corrected chi connectivity index (χ1v) is 21.0. The van der Waals surface area contributed by atoms with Crippen LogP contribution in [0.1, 0.15) is 0 Å². The van der Waals surface area contributed by atoms with Crippen LogP contribution in [0.2, 0.25) is 0 Å². The van der Waals surface area contributed by atoms with E-state index in [-0.39, 0.29) is 23.3 Å². The van der Waals surface area contributed by atoms with Gasteiger partial charge in [-0.2, -0.15) is 0 Å². The first-order valence-electron chi connectivity index (χ1n) is 18.6. The highest BCUT2D eigenvalue weighted by molar-refractivity contribution is 8.12. The van der Waals surface area contributed by atoms with E-state index in [1.54, 1.807) is 6.08 Å². The van der Waals surface area contributed by atoms with Crippen molar-refractivity contribution in [1.82, 2.24) is 0 Å². The Morgan fingerprint density at radius 3 is 1.83 bits per heavy atom. The van der Waals surface area contributed by atoms with Crippen LogP contribution < -0.4 is 0 Å². The van der Waals surface area contributed by atoms with Gasteiger partial charge in [0.15, 0.2) is 12.4 Å². The smallest absolute Gasteiger partial charge is 0.367 e. The number of fused-ring (bicyclic) bond motifs is 1. The van der Waals surface area contributed by atoms with Gasteiger partial charge in [0.2, 0.25) is 18.9 Å². The fraction of sp³-hybridized carbons (Fsp3) is 0.667. The van der Waals surface area contributed by atoms with E-state index in [4.69, 9.17) is 47.4 Å². The van der Waals surface area contributed by atoms with Crippen molar-refractivity contribution < 1.29 is 107 Å². The Labute approximate surface area is 348 Å². The van der Waals surface area contributed by atoms with Crippen LogP contribution in [0.5, 0.6) is 0 Å². The summed E-state index contributed by atoms with van der Waals surface area (Å²) in [5.74, 6) is -5.84. The predicted octanol–water partition coefficient (Wildman–Crippen LogP) is -2.72. The molecular weight excluding hydrogens is 849 g/mol. The lowest BCUT2D eigenvalue weighted by atomic mass is 9.82. The number of esters is 2. The zero-order valence-corrected chi connectivity index (χ0v) is 33.3. The molecule has 3 saturated heterocycles. The van der Waals surface area contributed by atoms with Gasteiger partial charge in [-0.15, -0.1) is 0 Å². The Morgan fingerprint density at radius 1 is 0.667 bits per heavy atom. The predicted molar refractivity (Wildman–Crippen MR) is 195 cm³/mol. The van der Waals surface area contributed by atoms with E-state index in [0.29, 0.717) is 5.57 Å². The van der Waals surface area contributed by atoms with Crippen molar-refractivity contribution >= 4 is 46.1 Å². The van der Waals surface area contributed by atoms with Crippen molar-refractivity contribution in [3.8, 4) is 0 Å². The fourth-order valence-corrected chi connectivity index (χ4v) is 8.65. The summed E-state index contributed by atoms with van der Waals surface area (Å²) in [6, 6.07) is 0. The molecule has 0 aromatic carbocycles. The van der Waals surface area contributed by atoms with Crippen LogP contribution in [-0.2, 0) is 57.0 Å². The number of aliphatic hydroxyl groups excluding tert-OH is 8. The Bertz CT molecular complexity index is 1780. The SMILES string of the molecule is CSC(=O)OCC1=C[C@@H]2OC(=O)C3=CO[C@@H](O[C@@H]4O[C@H](CO)[C@@H](O)[C@H](O)[C@H]4OC(=O)C4=CO[C@@H](O[C@@H]5O[C@H](CO)[C@@H](O)[C@H](O)[C@H]5O)[C@@H]5C(COC(=O)SC)=C[C@H](O)[C@H]45)C1C32. The summed E-state index contributed by atoms with van der Waals surface area (Å²) in [5.41, 5.74) is 0.458. The van der Waals surface area contributed by atoms with E-state index < -0.39 is 152 Å². The maximum absolute atomic E-state index is 14.2. The van der Waals surface area contributed by atoms with E-state index in [0.717, 1.165) is 36.0 Å². The zero-order valence-electron chi connectivity index (χ0n) is 31.6. The topological polar surface area (TPSA) is 322 Å². The van der Waals surface area contributed by atoms with Crippen LogP contribution >= 0.6 is 23.5 Å². The van der Waals surface area contributed by atoms with E-state index in [1.807, 2.05) is 0 Å². The van der Waals surface area contributed by atoms with E-state index >= 15 is 0 Å². The van der Waals surface area contributed by atoms with Gasteiger partial charge in [0.1, 0.15) is 62.0 Å². The quantitative estimate of drug-likeness (QED) is 0.0561. The molecule has 0 amide bonds. The monoisotopic (exact) mass is 892 g/mol. The molecule has 7 rings (SSSR count). The molecule has 22 nitrogen and oxygen atoms in total. The standard InChI is InChI=1S/C36H44O22S2/c1-59-35(47)51-7-11-3-15(39)21-13(9-49-31(19(11)21)57-33-27(44)25(42)23(40)17(5-37)54-33)30(46)56-28-26(43)24(41)18(6-38)55-34(28)58-32-20-12(8-52-36(48)60-2)4-16-22(20)14(10-50-32)29(45)53-16/h3-4,9-10,15-28,31-34,37-44H,5-8H2,1-2H3/t15-,16-,17+,18+,19+,20?,21-,22?,23+,24+,25-,26-,27+,28+,31-,32-,33-,34-/m0/s1. The number of aliphatic hydroxyl groups is 8. The van der Waals surface area contributed by atoms with Crippen LogP contribution in [0.4, 0.5) is 9.59 Å². The van der Waals surface area contributed by atoms with Gasteiger partial charge in [0.25, 0.3) is 0 Å². The molecule has 332 valence electrons. The molecule has 0 saturated carbocycles. The lowest BCUT2D eigenvalue weighted by molar-refractivity contribution is -0.342. The second-order valence-corrected chi connectivity index (χ2v) is 16.1. The third-order valence-corrected chi connectivity index (χ3v) is 12.2. The average molecular weight is 893 g/mol. The summed E-state index contributed by atoms with van der Waals surface area (Å²) in [4.78, 5) is 50.8. The Balaban J connectivity index is 1.14. The fourth-order valence-electron chi connectivity index (χ4n) is 8.30. The molecule has 3 fully saturated rings. The Kier molecular flexibility index (Phi) is 13.8. The summed E-state index contributed by atoms with van der Waals surface area (Å²) in [6.45, 7) is -2.25. The minimum atomic E-state index is -1.97. The molecule has 0 aromatic rings. The van der Waals surface area contributed by atoms with E-state index in [9.17, 15) is 60.0 Å². The highest BCUT2D eigenvalue weighted by Gasteiger charge is 2.58. The van der Waals surface area contributed by atoms with Crippen molar-refractivity contribution in [2.24, 2.45) is 23.7 Å². The number of carbonyl (C=O) groups is 4. The normalized spacial score (nSPS) is 41.6. The largest absolute Gasteiger partial charge is 0.471 e. The van der Waals surface area contributed by atoms with Gasteiger partial charge in [-0.05, 0) is 53.3 Å². The van der Waals surface area contributed by atoms with Crippen LogP contribution in [0.3, 0.4) is 0 Å². The van der Waals surface area contributed by atoms with E-state index in [2.05, 4.69) is 0 Å². The van der Waals surface area contributed by atoms with Crippen LogP contribution in [0.15, 0.2) is 47.0 Å². The third-order valence-electron chi connectivity index (χ3n) is 11.3. The van der Waals surface area contributed by atoms with Gasteiger partial charge < -0.3 is 88.2 Å².